The van der Waals surface area contributed by atoms with Gasteiger partial charge in [0, 0.05) is 32.1 Å². The van der Waals surface area contributed by atoms with Gasteiger partial charge < -0.3 is 14.2 Å². The minimum atomic E-state index is 0.291. The Morgan fingerprint density at radius 3 is 2.78 bits per heavy atom. The van der Waals surface area contributed by atoms with Crippen LogP contribution in [-0.4, -0.2) is 48.2 Å². The number of aromatic nitrogens is 3. The molecule has 3 N–H and O–H groups in total. The number of anilines is 2. The van der Waals surface area contributed by atoms with Crippen molar-refractivity contribution in [1.82, 2.24) is 26.1 Å². The highest BCUT2D eigenvalue weighted by Gasteiger charge is 2.43. The van der Waals surface area contributed by atoms with Gasteiger partial charge in [0.05, 0.1) is 18.5 Å². The van der Waals surface area contributed by atoms with Gasteiger partial charge in [0.15, 0.2) is 5.82 Å². The summed E-state index contributed by atoms with van der Waals surface area (Å²) in [5, 5.41) is 13.0. The molecule has 4 rings (SSSR count). The topological polar surface area (TPSA) is 115 Å². The number of nitrogens with one attached hydrogen (secondary N) is 3. The fourth-order valence-electron chi connectivity index (χ4n) is 4.50. The van der Waals surface area contributed by atoms with Gasteiger partial charge in [-0.1, -0.05) is 19.0 Å². The van der Waals surface area contributed by atoms with E-state index >= 15 is 0 Å². The van der Waals surface area contributed by atoms with E-state index in [0.29, 0.717) is 24.4 Å². The van der Waals surface area contributed by atoms with E-state index in [9.17, 15) is 0 Å². The smallest absolute Gasteiger partial charge is 0.324 e. The first kappa shape index (κ1) is 22.5. The van der Waals surface area contributed by atoms with E-state index in [1.165, 1.54) is 30.6 Å². The van der Waals surface area contributed by atoms with E-state index in [-0.39, 0.29) is 0 Å². The zero-order valence-corrected chi connectivity index (χ0v) is 19.1. The summed E-state index contributed by atoms with van der Waals surface area (Å²) in [5.41, 5.74) is 6.38. The highest BCUT2D eigenvalue weighted by atomic mass is 16.5. The van der Waals surface area contributed by atoms with E-state index in [1.54, 1.807) is 13.2 Å². The summed E-state index contributed by atoms with van der Waals surface area (Å²) in [6.07, 6.45) is 7.62. The quantitative estimate of drug-likeness (QED) is 0.274. The number of hydrazine groups is 2. The second kappa shape index (κ2) is 10.3. The molecular formula is C22H34N8O2. The van der Waals surface area contributed by atoms with Crippen molar-refractivity contribution in [3.8, 4) is 5.88 Å². The molecule has 2 unspecified atom stereocenters. The maximum atomic E-state index is 7.42. The van der Waals surface area contributed by atoms with Crippen molar-refractivity contribution in [3.05, 3.63) is 24.2 Å². The molecule has 1 aliphatic heterocycles. The lowest BCUT2D eigenvalue weighted by Gasteiger charge is -2.30. The second-order valence-corrected chi connectivity index (χ2v) is 8.93. The van der Waals surface area contributed by atoms with E-state index in [4.69, 9.17) is 14.7 Å². The van der Waals surface area contributed by atoms with Crippen molar-refractivity contribution >= 4 is 18.0 Å². The Labute approximate surface area is 189 Å². The van der Waals surface area contributed by atoms with Crippen LogP contribution in [0.15, 0.2) is 22.9 Å². The molecule has 10 heteroatoms. The number of ether oxygens (including phenoxy) is 1. The third-order valence-corrected chi connectivity index (χ3v) is 6.44. The first-order valence-electron chi connectivity index (χ1n) is 11.5. The lowest BCUT2D eigenvalue weighted by atomic mass is 9.90. The fourth-order valence-corrected chi connectivity index (χ4v) is 4.50. The van der Waals surface area contributed by atoms with Crippen LogP contribution in [-0.2, 0) is 0 Å². The summed E-state index contributed by atoms with van der Waals surface area (Å²) in [6, 6.07) is 4.39. The Balaban J connectivity index is 1.16. The van der Waals surface area contributed by atoms with Crippen LogP contribution >= 0.6 is 0 Å². The van der Waals surface area contributed by atoms with Crippen molar-refractivity contribution in [1.29, 1.82) is 5.41 Å². The predicted octanol–water partition coefficient (Wildman–Crippen LogP) is 2.96. The Morgan fingerprint density at radius 2 is 2.16 bits per heavy atom. The van der Waals surface area contributed by atoms with Gasteiger partial charge in [0.1, 0.15) is 6.34 Å². The molecule has 1 aliphatic carbocycles. The number of hydrogen-bond acceptors (Lipinski definition) is 9. The van der Waals surface area contributed by atoms with Crippen LogP contribution in [0.1, 0.15) is 51.3 Å². The predicted molar refractivity (Wildman–Crippen MR) is 123 cm³/mol. The highest BCUT2D eigenvalue weighted by Crippen LogP contribution is 2.49. The molecule has 0 amide bonds. The highest BCUT2D eigenvalue weighted by molar-refractivity contribution is 5.74. The van der Waals surface area contributed by atoms with Crippen molar-refractivity contribution in [2.24, 2.45) is 17.8 Å². The van der Waals surface area contributed by atoms with Gasteiger partial charge >= 0.3 is 6.01 Å². The van der Waals surface area contributed by atoms with Crippen LogP contribution in [0.4, 0.5) is 11.7 Å². The zero-order valence-electron chi connectivity index (χ0n) is 19.1. The number of pyridine rings is 1. The Kier molecular flexibility index (Phi) is 7.21. The summed E-state index contributed by atoms with van der Waals surface area (Å²) in [7, 11) is 1.74. The third kappa shape index (κ3) is 5.36. The SMILES string of the molecule is CNNN(C=N)c1ccc(OCCC2CC2C2CCN(c3nc(C(C)C)no3)CC2)nc1. The largest absolute Gasteiger partial charge is 0.478 e. The third-order valence-electron chi connectivity index (χ3n) is 6.44. The maximum absolute atomic E-state index is 7.42. The summed E-state index contributed by atoms with van der Waals surface area (Å²) in [6.45, 7) is 6.84. The van der Waals surface area contributed by atoms with Crippen LogP contribution in [0.3, 0.4) is 0 Å². The van der Waals surface area contributed by atoms with Crippen LogP contribution in [0.2, 0.25) is 0 Å². The number of nitrogens with zero attached hydrogens (tertiary/aromatic N) is 5. The molecule has 1 saturated heterocycles. The first-order chi connectivity index (χ1) is 15.6. The second-order valence-electron chi connectivity index (χ2n) is 8.93. The van der Waals surface area contributed by atoms with Gasteiger partial charge in [-0.15, -0.1) is 0 Å². The molecule has 10 nitrogen and oxygen atoms in total. The van der Waals surface area contributed by atoms with Crippen molar-refractivity contribution in [3.63, 3.8) is 0 Å². The van der Waals surface area contributed by atoms with Crippen LogP contribution in [0.25, 0.3) is 0 Å². The molecule has 32 heavy (non-hydrogen) atoms. The average Bonchev–Trinajstić information content (AvgIpc) is 3.40. The van der Waals surface area contributed by atoms with Gasteiger partial charge in [0.25, 0.3) is 0 Å². The van der Waals surface area contributed by atoms with Crippen LogP contribution < -0.4 is 25.6 Å². The molecule has 2 aliphatic rings. The molecule has 2 fully saturated rings. The summed E-state index contributed by atoms with van der Waals surface area (Å²) < 4.78 is 11.3. The average molecular weight is 443 g/mol. The molecule has 174 valence electrons. The normalized spacial score (nSPS) is 21.1. The van der Waals surface area contributed by atoms with Crippen molar-refractivity contribution in [2.75, 3.05) is 36.7 Å². The van der Waals surface area contributed by atoms with E-state index in [1.807, 2.05) is 12.1 Å². The fraction of sp³-hybridized carbons (Fsp3) is 0.636. The van der Waals surface area contributed by atoms with Crippen molar-refractivity contribution in [2.45, 2.75) is 45.4 Å². The maximum Gasteiger partial charge on any atom is 0.324 e. The number of hydrogen-bond donors (Lipinski definition) is 3. The van der Waals surface area contributed by atoms with E-state index in [2.05, 4.69) is 44.8 Å². The minimum absolute atomic E-state index is 0.291. The zero-order chi connectivity index (χ0) is 22.5. The van der Waals surface area contributed by atoms with Gasteiger partial charge in [0.2, 0.25) is 5.88 Å². The summed E-state index contributed by atoms with van der Waals surface area (Å²) in [5.74, 6) is 4.06. The Bertz CT molecular complexity index is 863. The van der Waals surface area contributed by atoms with Gasteiger partial charge in [-0.3, -0.25) is 10.4 Å². The number of piperidine rings is 1. The van der Waals surface area contributed by atoms with Gasteiger partial charge in [-0.05, 0) is 49.5 Å². The molecule has 2 atom stereocenters. The molecule has 1 saturated carbocycles. The molecule has 2 aromatic rings. The number of rotatable bonds is 11. The Hall–Kier alpha value is -2.72. The standard InChI is InChI=1S/C22H34N8O2/c1-15(2)21-26-22(32-27-21)29-9-6-16(7-10-29)19-12-17(19)8-11-31-20-5-4-18(13-25-20)30(14-23)28-24-3/h4-5,13-17,19,23-24,28H,6-12H2,1-3H3. The van der Waals surface area contributed by atoms with Gasteiger partial charge in [-0.2, -0.15) is 10.5 Å². The minimum Gasteiger partial charge on any atom is -0.478 e. The molecule has 2 aromatic heterocycles. The van der Waals surface area contributed by atoms with E-state index < -0.39 is 0 Å². The molecule has 0 radical (unpaired) electrons. The monoisotopic (exact) mass is 442 g/mol. The van der Waals surface area contributed by atoms with Crippen LogP contribution in [0, 0.1) is 23.2 Å². The lowest BCUT2D eigenvalue weighted by Crippen LogP contribution is -2.44. The summed E-state index contributed by atoms with van der Waals surface area (Å²) >= 11 is 0. The summed E-state index contributed by atoms with van der Waals surface area (Å²) in [4.78, 5) is 11.1. The molecular weight excluding hydrogens is 408 g/mol. The molecule has 3 heterocycles. The molecule has 0 bridgehead atoms. The van der Waals surface area contributed by atoms with E-state index in [0.717, 1.165) is 48.8 Å². The first-order valence-corrected chi connectivity index (χ1v) is 11.5. The van der Waals surface area contributed by atoms with Crippen LogP contribution in [0.5, 0.6) is 5.88 Å². The lowest BCUT2D eigenvalue weighted by molar-refractivity contribution is 0.274. The van der Waals surface area contributed by atoms with Crippen molar-refractivity contribution < 1.29 is 9.26 Å². The molecule has 0 spiro atoms. The Morgan fingerprint density at radius 1 is 1.34 bits per heavy atom. The van der Waals surface area contributed by atoms with Gasteiger partial charge in [-0.25, -0.2) is 10.4 Å². The molecule has 0 aromatic carbocycles.